The average molecular weight is 494 g/mol. The second-order valence-corrected chi connectivity index (χ2v) is 8.18. The van der Waals surface area contributed by atoms with E-state index in [1.165, 1.54) is 6.07 Å². The molecule has 0 spiro atoms. The molecule has 1 aromatic carbocycles. The number of anilines is 1. The van der Waals surface area contributed by atoms with Crippen LogP contribution >= 0.6 is 12.4 Å². The van der Waals surface area contributed by atoms with E-state index >= 15 is 0 Å². The van der Waals surface area contributed by atoms with Crippen LogP contribution in [0.25, 0.3) is 0 Å². The van der Waals surface area contributed by atoms with Crippen molar-refractivity contribution < 1.29 is 28.7 Å². The van der Waals surface area contributed by atoms with Crippen LogP contribution in [-0.4, -0.2) is 91.3 Å². The molecule has 184 valence electrons. The number of imide groups is 2. The SMILES string of the molecule is Cl.O=C1CCC(N2C(=O)c3cccc(NC(=O)CCOCCN4CCNCC4)c3C2=O)C(=O)N1. The van der Waals surface area contributed by atoms with E-state index in [1.807, 2.05) is 0 Å². The number of rotatable bonds is 8. The smallest absolute Gasteiger partial charge is 0.264 e. The molecule has 1 atom stereocenters. The van der Waals surface area contributed by atoms with Crippen molar-refractivity contribution >= 4 is 47.6 Å². The van der Waals surface area contributed by atoms with Crippen LogP contribution in [0.4, 0.5) is 5.69 Å². The van der Waals surface area contributed by atoms with E-state index in [2.05, 4.69) is 20.9 Å². The van der Waals surface area contributed by atoms with Crippen molar-refractivity contribution in [2.75, 3.05) is 51.3 Å². The summed E-state index contributed by atoms with van der Waals surface area (Å²) in [6.07, 6.45) is 0.218. The third-order valence-electron chi connectivity index (χ3n) is 5.98. The Morgan fingerprint density at radius 1 is 1.09 bits per heavy atom. The summed E-state index contributed by atoms with van der Waals surface area (Å²) in [7, 11) is 0. The molecular weight excluding hydrogens is 466 g/mol. The van der Waals surface area contributed by atoms with Crippen LogP contribution < -0.4 is 16.0 Å². The molecule has 12 heteroatoms. The lowest BCUT2D eigenvalue weighted by molar-refractivity contribution is -0.136. The number of piperidine rings is 1. The number of halogens is 1. The molecule has 0 aromatic heterocycles. The Bertz CT molecular complexity index is 981. The second-order valence-electron chi connectivity index (χ2n) is 8.18. The minimum atomic E-state index is -1.05. The monoisotopic (exact) mass is 493 g/mol. The first-order valence-electron chi connectivity index (χ1n) is 11.1. The van der Waals surface area contributed by atoms with Gasteiger partial charge in [-0.05, 0) is 18.6 Å². The lowest BCUT2D eigenvalue weighted by Gasteiger charge is -2.27. The molecule has 4 rings (SSSR count). The lowest BCUT2D eigenvalue weighted by Crippen LogP contribution is -2.54. The van der Waals surface area contributed by atoms with Crippen LogP contribution in [0.5, 0.6) is 0 Å². The number of carbonyl (C=O) groups excluding carboxylic acids is 5. The van der Waals surface area contributed by atoms with Crippen LogP contribution in [-0.2, 0) is 19.1 Å². The predicted molar refractivity (Wildman–Crippen MR) is 124 cm³/mol. The van der Waals surface area contributed by atoms with E-state index in [-0.39, 0.29) is 61.0 Å². The molecular formula is C22H28ClN5O6. The first-order valence-corrected chi connectivity index (χ1v) is 11.1. The molecule has 0 bridgehead atoms. The largest absolute Gasteiger partial charge is 0.380 e. The van der Waals surface area contributed by atoms with Gasteiger partial charge in [-0.3, -0.25) is 39.1 Å². The number of amides is 5. The maximum atomic E-state index is 13.0. The van der Waals surface area contributed by atoms with Gasteiger partial charge in [0.15, 0.2) is 0 Å². The zero-order valence-electron chi connectivity index (χ0n) is 18.6. The van der Waals surface area contributed by atoms with Gasteiger partial charge in [-0.15, -0.1) is 12.4 Å². The van der Waals surface area contributed by atoms with Gasteiger partial charge >= 0.3 is 0 Å². The third-order valence-corrected chi connectivity index (χ3v) is 5.98. The van der Waals surface area contributed by atoms with Gasteiger partial charge in [0, 0.05) is 39.1 Å². The molecule has 34 heavy (non-hydrogen) atoms. The van der Waals surface area contributed by atoms with Crippen LogP contribution in [0.3, 0.4) is 0 Å². The molecule has 2 saturated heterocycles. The van der Waals surface area contributed by atoms with Gasteiger partial charge < -0.3 is 15.4 Å². The summed E-state index contributed by atoms with van der Waals surface area (Å²) in [6.45, 7) is 5.46. The number of benzene rings is 1. The zero-order chi connectivity index (χ0) is 23.4. The summed E-state index contributed by atoms with van der Waals surface area (Å²) in [4.78, 5) is 65.1. The number of nitrogens with zero attached hydrogens (tertiary/aromatic N) is 2. The van der Waals surface area contributed by atoms with Crippen LogP contribution in [0.1, 0.15) is 40.0 Å². The highest BCUT2D eigenvalue weighted by molar-refractivity contribution is 6.26. The molecule has 3 N–H and O–H groups in total. The van der Waals surface area contributed by atoms with Gasteiger partial charge in [0.1, 0.15) is 6.04 Å². The fourth-order valence-corrected chi connectivity index (χ4v) is 4.23. The van der Waals surface area contributed by atoms with Gasteiger partial charge in [-0.1, -0.05) is 6.07 Å². The van der Waals surface area contributed by atoms with E-state index in [0.717, 1.165) is 37.6 Å². The van der Waals surface area contributed by atoms with E-state index in [9.17, 15) is 24.0 Å². The van der Waals surface area contributed by atoms with Gasteiger partial charge in [0.05, 0.1) is 36.4 Å². The minimum absolute atomic E-state index is 0. The maximum Gasteiger partial charge on any atom is 0.264 e. The summed E-state index contributed by atoms with van der Waals surface area (Å²) in [6, 6.07) is 3.54. The number of nitrogens with one attached hydrogen (secondary N) is 3. The minimum Gasteiger partial charge on any atom is -0.380 e. The highest BCUT2D eigenvalue weighted by Crippen LogP contribution is 2.32. The van der Waals surface area contributed by atoms with Crippen LogP contribution in [0, 0.1) is 0 Å². The second kappa shape index (κ2) is 11.5. The fourth-order valence-electron chi connectivity index (χ4n) is 4.23. The Morgan fingerprint density at radius 3 is 2.59 bits per heavy atom. The van der Waals surface area contributed by atoms with Crippen molar-refractivity contribution in [2.45, 2.75) is 25.3 Å². The molecule has 0 aliphatic carbocycles. The Labute approximate surface area is 202 Å². The number of fused-ring (bicyclic) bond motifs is 1. The first kappa shape index (κ1) is 25.8. The molecule has 11 nitrogen and oxygen atoms in total. The number of hydrogen-bond acceptors (Lipinski definition) is 8. The van der Waals surface area contributed by atoms with E-state index in [0.29, 0.717) is 6.61 Å². The lowest BCUT2D eigenvalue weighted by atomic mass is 10.0. The Balaban J connectivity index is 0.00000324. The standard InChI is InChI=1S/C22H27N5O6.ClH/c28-17-5-4-16(20(30)25-17)27-21(31)14-2-1-3-15(19(14)22(27)32)24-18(29)6-12-33-13-11-26-9-7-23-8-10-26;/h1-3,16,23H,4-13H2,(H,24,29)(H,25,28,30);1H. The number of ether oxygens (including phenoxy) is 1. The third kappa shape index (κ3) is 5.61. The quantitative estimate of drug-likeness (QED) is 0.333. The maximum absolute atomic E-state index is 13.0. The summed E-state index contributed by atoms with van der Waals surface area (Å²) < 4.78 is 5.57. The summed E-state index contributed by atoms with van der Waals surface area (Å²) in [5, 5.41) is 8.13. The molecule has 2 fully saturated rings. The molecule has 3 aliphatic rings. The zero-order valence-corrected chi connectivity index (χ0v) is 19.4. The van der Waals surface area contributed by atoms with Crippen molar-refractivity contribution in [3.63, 3.8) is 0 Å². The Hall–Kier alpha value is -2.86. The van der Waals surface area contributed by atoms with Crippen molar-refractivity contribution in [3.05, 3.63) is 29.3 Å². The van der Waals surface area contributed by atoms with Gasteiger partial charge in [0.25, 0.3) is 11.8 Å². The topological polar surface area (TPSA) is 137 Å². The van der Waals surface area contributed by atoms with E-state index in [1.54, 1.807) is 12.1 Å². The van der Waals surface area contributed by atoms with E-state index in [4.69, 9.17) is 4.74 Å². The molecule has 5 amide bonds. The molecule has 3 heterocycles. The molecule has 1 aromatic rings. The van der Waals surface area contributed by atoms with Crippen molar-refractivity contribution in [1.29, 1.82) is 0 Å². The van der Waals surface area contributed by atoms with Crippen molar-refractivity contribution in [2.24, 2.45) is 0 Å². The number of hydrogen-bond donors (Lipinski definition) is 3. The summed E-state index contributed by atoms with van der Waals surface area (Å²) in [5.41, 5.74) is 0.390. The molecule has 0 saturated carbocycles. The van der Waals surface area contributed by atoms with Crippen molar-refractivity contribution in [1.82, 2.24) is 20.4 Å². The predicted octanol–water partition coefficient (Wildman–Crippen LogP) is -0.240. The molecule has 3 aliphatic heterocycles. The summed E-state index contributed by atoms with van der Waals surface area (Å²) in [5.74, 6) is -2.73. The number of piperazine rings is 1. The van der Waals surface area contributed by atoms with Crippen molar-refractivity contribution in [3.8, 4) is 0 Å². The Kier molecular flexibility index (Phi) is 8.72. The van der Waals surface area contributed by atoms with Crippen LogP contribution in [0.15, 0.2) is 18.2 Å². The van der Waals surface area contributed by atoms with Crippen LogP contribution in [0.2, 0.25) is 0 Å². The van der Waals surface area contributed by atoms with Gasteiger partial charge in [-0.2, -0.15) is 0 Å². The first-order chi connectivity index (χ1) is 16.0. The van der Waals surface area contributed by atoms with E-state index < -0.39 is 29.7 Å². The normalized spacial score (nSPS) is 20.6. The molecule has 1 unspecified atom stereocenters. The average Bonchev–Trinajstić information content (AvgIpc) is 3.05. The highest BCUT2D eigenvalue weighted by atomic mass is 35.5. The fraction of sp³-hybridized carbons (Fsp3) is 0.500. The number of carbonyl (C=O) groups is 5. The van der Waals surface area contributed by atoms with Gasteiger partial charge in [-0.25, -0.2) is 0 Å². The molecule has 0 radical (unpaired) electrons. The Morgan fingerprint density at radius 2 is 1.85 bits per heavy atom. The summed E-state index contributed by atoms with van der Waals surface area (Å²) >= 11 is 0. The highest BCUT2D eigenvalue weighted by Gasteiger charge is 2.45. The van der Waals surface area contributed by atoms with Gasteiger partial charge in [0.2, 0.25) is 17.7 Å².